The Kier molecular flexibility index (Phi) is 4.20. The molecule has 2 heteroatoms. The molecule has 0 aromatic heterocycles. The van der Waals surface area contributed by atoms with Gasteiger partial charge in [-0.2, -0.15) is 0 Å². The highest BCUT2D eigenvalue weighted by atomic mass is 15.1. The molecule has 1 aliphatic carbocycles. The average molecular weight is 184 g/mol. The van der Waals surface area contributed by atoms with Crippen LogP contribution in [0.3, 0.4) is 0 Å². The van der Waals surface area contributed by atoms with Crippen molar-refractivity contribution in [1.82, 2.24) is 10.2 Å². The van der Waals surface area contributed by atoms with Gasteiger partial charge in [0.05, 0.1) is 0 Å². The third-order valence-corrected chi connectivity index (χ3v) is 3.43. The topological polar surface area (TPSA) is 15.3 Å². The first-order chi connectivity index (χ1) is 6.15. The van der Waals surface area contributed by atoms with Gasteiger partial charge in [0, 0.05) is 19.1 Å². The van der Waals surface area contributed by atoms with Crippen molar-refractivity contribution in [3.05, 3.63) is 0 Å². The monoisotopic (exact) mass is 184 g/mol. The second-order valence-electron chi connectivity index (χ2n) is 4.71. The van der Waals surface area contributed by atoms with E-state index in [-0.39, 0.29) is 0 Å². The predicted molar refractivity (Wildman–Crippen MR) is 57.9 cm³/mol. The highest BCUT2D eigenvalue weighted by molar-refractivity contribution is 4.87. The summed E-state index contributed by atoms with van der Waals surface area (Å²) in [4.78, 5) is 2.50. The molecule has 1 fully saturated rings. The summed E-state index contributed by atoms with van der Waals surface area (Å²) in [7, 11) is 4.27. The highest BCUT2D eigenvalue weighted by Gasteiger charge is 2.33. The van der Waals surface area contributed by atoms with Gasteiger partial charge in [-0.1, -0.05) is 13.8 Å². The molecule has 1 saturated carbocycles. The molecule has 13 heavy (non-hydrogen) atoms. The van der Waals surface area contributed by atoms with Crippen molar-refractivity contribution in [2.24, 2.45) is 11.8 Å². The molecule has 0 spiro atoms. The second kappa shape index (κ2) is 4.97. The van der Waals surface area contributed by atoms with Crippen LogP contribution in [0.15, 0.2) is 0 Å². The number of nitrogens with one attached hydrogen (secondary N) is 1. The average Bonchev–Trinajstić information content (AvgIpc) is 1.97. The van der Waals surface area contributed by atoms with Gasteiger partial charge in [-0.25, -0.2) is 0 Å². The van der Waals surface area contributed by atoms with E-state index >= 15 is 0 Å². The minimum absolute atomic E-state index is 0.862. The van der Waals surface area contributed by atoms with Crippen LogP contribution >= 0.6 is 0 Å². The molecular formula is C11H24N2. The van der Waals surface area contributed by atoms with E-state index in [1.165, 1.54) is 19.4 Å². The fraction of sp³-hybridized carbons (Fsp3) is 1.00. The maximum absolute atomic E-state index is 3.19. The Morgan fingerprint density at radius 2 is 2.00 bits per heavy atom. The molecule has 0 amide bonds. The molecule has 2 nitrogen and oxygen atoms in total. The molecule has 0 aromatic rings. The van der Waals surface area contributed by atoms with E-state index in [1.807, 2.05) is 7.05 Å². The van der Waals surface area contributed by atoms with Crippen molar-refractivity contribution < 1.29 is 0 Å². The number of nitrogens with zero attached hydrogens (tertiary/aromatic N) is 1. The maximum atomic E-state index is 3.19. The van der Waals surface area contributed by atoms with Crippen LogP contribution in [-0.4, -0.2) is 38.1 Å². The van der Waals surface area contributed by atoms with E-state index in [4.69, 9.17) is 0 Å². The Hall–Kier alpha value is -0.0800. The number of rotatable bonds is 5. The summed E-state index contributed by atoms with van der Waals surface area (Å²) in [6.07, 6.45) is 2.83. The first-order valence-corrected chi connectivity index (χ1v) is 5.50. The Bertz CT molecular complexity index is 139. The number of hydrogen-bond acceptors (Lipinski definition) is 2. The molecule has 0 atom stereocenters. The van der Waals surface area contributed by atoms with Crippen molar-refractivity contribution in [2.75, 3.05) is 27.2 Å². The molecule has 1 aliphatic rings. The lowest BCUT2D eigenvalue weighted by molar-refractivity contribution is 0.0755. The number of likely N-dealkylation sites (N-methyl/N-ethyl adjacent to an activating group) is 2. The third kappa shape index (κ3) is 2.96. The smallest absolute Gasteiger partial charge is 0.0107 e. The number of hydrogen-bond donors (Lipinski definition) is 1. The van der Waals surface area contributed by atoms with E-state index in [2.05, 4.69) is 31.1 Å². The van der Waals surface area contributed by atoms with Crippen LogP contribution < -0.4 is 5.32 Å². The van der Waals surface area contributed by atoms with Gasteiger partial charge >= 0.3 is 0 Å². The summed E-state index contributed by atoms with van der Waals surface area (Å²) in [5.41, 5.74) is 0. The second-order valence-corrected chi connectivity index (χ2v) is 4.71. The summed E-state index contributed by atoms with van der Waals surface area (Å²) in [5.74, 6) is 1.87. The third-order valence-electron chi connectivity index (χ3n) is 3.43. The Balaban J connectivity index is 2.11. The van der Waals surface area contributed by atoms with Gasteiger partial charge in [-0.3, -0.25) is 0 Å². The Morgan fingerprint density at radius 1 is 1.38 bits per heavy atom. The lowest BCUT2D eigenvalue weighted by Gasteiger charge is -2.43. The van der Waals surface area contributed by atoms with Gasteiger partial charge in [0.2, 0.25) is 0 Å². The van der Waals surface area contributed by atoms with Crippen LogP contribution in [0, 0.1) is 11.8 Å². The largest absolute Gasteiger partial charge is 0.318 e. The first-order valence-electron chi connectivity index (χ1n) is 5.50. The zero-order chi connectivity index (χ0) is 9.84. The van der Waals surface area contributed by atoms with Crippen molar-refractivity contribution in [3.8, 4) is 0 Å². The minimum Gasteiger partial charge on any atom is -0.318 e. The lowest BCUT2D eigenvalue weighted by Crippen LogP contribution is -2.46. The first kappa shape index (κ1) is 11.0. The quantitative estimate of drug-likeness (QED) is 0.698. The molecule has 0 aromatic carbocycles. The normalized spacial score (nSPS) is 28.2. The van der Waals surface area contributed by atoms with Crippen molar-refractivity contribution in [3.63, 3.8) is 0 Å². The minimum atomic E-state index is 0.862. The van der Waals surface area contributed by atoms with Crippen LogP contribution in [0.1, 0.15) is 26.7 Å². The molecule has 0 unspecified atom stereocenters. The molecule has 0 bridgehead atoms. The molecular weight excluding hydrogens is 160 g/mol. The van der Waals surface area contributed by atoms with E-state index in [0.717, 1.165) is 24.4 Å². The Labute approximate surface area is 82.7 Å². The molecule has 0 aliphatic heterocycles. The summed E-state index contributed by atoms with van der Waals surface area (Å²) < 4.78 is 0. The summed E-state index contributed by atoms with van der Waals surface area (Å²) in [6.45, 7) is 6.98. The standard InChI is InChI=1S/C11H24N2/c1-9(2)10-7-11(8-10)13(4)6-5-12-3/h9-12H,5-8H2,1-4H3. The highest BCUT2D eigenvalue weighted by Crippen LogP contribution is 2.36. The van der Waals surface area contributed by atoms with Crippen molar-refractivity contribution >= 4 is 0 Å². The van der Waals surface area contributed by atoms with Crippen molar-refractivity contribution in [1.29, 1.82) is 0 Å². The summed E-state index contributed by atoms with van der Waals surface area (Å²) in [5, 5.41) is 3.19. The molecule has 1 N–H and O–H groups in total. The molecule has 1 rings (SSSR count). The van der Waals surface area contributed by atoms with E-state index < -0.39 is 0 Å². The summed E-state index contributed by atoms with van der Waals surface area (Å²) in [6, 6.07) is 0.862. The van der Waals surface area contributed by atoms with Gasteiger partial charge in [-0.05, 0) is 38.8 Å². The van der Waals surface area contributed by atoms with Gasteiger partial charge < -0.3 is 10.2 Å². The Morgan fingerprint density at radius 3 is 2.46 bits per heavy atom. The zero-order valence-electron chi connectivity index (χ0n) is 9.51. The van der Waals surface area contributed by atoms with Crippen LogP contribution in [0.25, 0.3) is 0 Å². The predicted octanol–water partition coefficient (Wildman–Crippen LogP) is 1.57. The zero-order valence-corrected chi connectivity index (χ0v) is 9.51. The summed E-state index contributed by atoms with van der Waals surface area (Å²) >= 11 is 0. The fourth-order valence-electron chi connectivity index (χ4n) is 2.00. The van der Waals surface area contributed by atoms with Gasteiger partial charge in [-0.15, -0.1) is 0 Å². The maximum Gasteiger partial charge on any atom is 0.0107 e. The van der Waals surface area contributed by atoms with Crippen molar-refractivity contribution in [2.45, 2.75) is 32.7 Å². The van der Waals surface area contributed by atoms with Crippen LogP contribution in [-0.2, 0) is 0 Å². The lowest BCUT2D eigenvalue weighted by atomic mass is 9.73. The van der Waals surface area contributed by atoms with Crippen LogP contribution in [0.5, 0.6) is 0 Å². The van der Waals surface area contributed by atoms with Crippen LogP contribution in [0.4, 0.5) is 0 Å². The molecule has 0 radical (unpaired) electrons. The van der Waals surface area contributed by atoms with Crippen LogP contribution in [0.2, 0.25) is 0 Å². The fourth-order valence-corrected chi connectivity index (χ4v) is 2.00. The SMILES string of the molecule is CNCCN(C)C1CC(C(C)C)C1. The van der Waals surface area contributed by atoms with E-state index in [0.29, 0.717) is 0 Å². The molecule has 0 saturated heterocycles. The van der Waals surface area contributed by atoms with Gasteiger partial charge in [0.1, 0.15) is 0 Å². The van der Waals surface area contributed by atoms with E-state index in [9.17, 15) is 0 Å². The van der Waals surface area contributed by atoms with Gasteiger partial charge in [0.25, 0.3) is 0 Å². The van der Waals surface area contributed by atoms with Gasteiger partial charge in [0.15, 0.2) is 0 Å². The molecule has 78 valence electrons. The van der Waals surface area contributed by atoms with E-state index in [1.54, 1.807) is 0 Å². The molecule has 0 heterocycles.